The second-order valence-corrected chi connectivity index (χ2v) is 15.6. The topological polar surface area (TPSA) is 170 Å². The van der Waals surface area contributed by atoms with Crippen LogP contribution in [0.3, 0.4) is 0 Å². The third-order valence-electron chi connectivity index (χ3n) is 10.3. The fraction of sp³-hybridized carbons (Fsp3) is 0.588. The molecule has 7 atom stereocenters. The van der Waals surface area contributed by atoms with Crippen LogP contribution in [0.2, 0.25) is 0 Å². The zero-order valence-electron chi connectivity index (χ0n) is 27.6. The van der Waals surface area contributed by atoms with Crippen molar-refractivity contribution in [3.8, 4) is 11.6 Å². The summed E-state index contributed by atoms with van der Waals surface area (Å²) in [7, 11) is -2.27. The van der Waals surface area contributed by atoms with Crippen LogP contribution in [0, 0.1) is 17.8 Å². The number of carbonyl (C=O) groups excluding carboxylic acids is 3. The summed E-state index contributed by atoms with van der Waals surface area (Å²) in [5, 5.41) is 3.84. The van der Waals surface area contributed by atoms with Crippen LogP contribution in [-0.2, 0) is 24.4 Å². The first kappa shape index (κ1) is 35.9. The molecule has 4 aliphatic rings. The van der Waals surface area contributed by atoms with Crippen LogP contribution in [0.25, 0.3) is 10.8 Å². The Labute approximate surface area is 288 Å². The molecule has 0 unspecified atom stereocenters. The lowest BCUT2D eigenvalue weighted by Gasteiger charge is -2.31. The van der Waals surface area contributed by atoms with Crippen molar-refractivity contribution < 1.29 is 32.3 Å². The van der Waals surface area contributed by atoms with Gasteiger partial charge in [-0.05, 0) is 56.4 Å². The van der Waals surface area contributed by atoms with Gasteiger partial charge in [0.1, 0.15) is 23.4 Å². The first-order valence-electron chi connectivity index (χ1n) is 16.7. The van der Waals surface area contributed by atoms with Gasteiger partial charge in [0, 0.05) is 23.1 Å². The third-order valence-corrected chi connectivity index (χ3v) is 12.1. The summed E-state index contributed by atoms with van der Waals surface area (Å²) in [6, 6.07) is 5.71. The number of allylic oxidation sites excluding steroid dienone is 1. The number of hydrogen-bond donors (Lipinski definition) is 3. The van der Waals surface area contributed by atoms with Gasteiger partial charge in [-0.15, -0.1) is 12.4 Å². The fourth-order valence-electron chi connectivity index (χ4n) is 7.13. The van der Waals surface area contributed by atoms with Crippen LogP contribution in [0.15, 0.2) is 42.6 Å². The van der Waals surface area contributed by atoms with Crippen LogP contribution in [0.5, 0.6) is 11.6 Å². The molecule has 1 saturated heterocycles. The fourth-order valence-corrected chi connectivity index (χ4v) is 8.50. The maximum atomic E-state index is 14.2. The number of sulfonamides is 1. The first-order chi connectivity index (χ1) is 22.5. The van der Waals surface area contributed by atoms with E-state index in [9.17, 15) is 22.8 Å². The monoisotopic (exact) mass is 703 g/mol. The van der Waals surface area contributed by atoms with E-state index in [1.165, 1.54) is 4.90 Å². The minimum absolute atomic E-state index is 0. The van der Waals surface area contributed by atoms with E-state index in [2.05, 4.69) is 21.9 Å². The first-order valence-corrected chi connectivity index (χ1v) is 18.2. The van der Waals surface area contributed by atoms with Crippen molar-refractivity contribution in [3.63, 3.8) is 0 Å². The number of ether oxygens (including phenoxy) is 2. The molecule has 6 rings (SSSR count). The number of nitrogens with one attached hydrogen (secondary N) is 2. The highest BCUT2D eigenvalue weighted by Gasteiger charge is 2.62. The molecular formula is C34H46ClN5O7S. The summed E-state index contributed by atoms with van der Waals surface area (Å²) in [5.74, 6) is -0.865. The molecule has 3 amide bonds. The minimum Gasteiger partial charge on any atom is -0.494 e. The van der Waals surface area contributed by atoms with Crippen LogP contribution in [0.4, 0.5) is 0 Å². The second kappa shape index (κ2) is 14.2. The molecule has 1 aromatic heterocycles. The Kier molecular flexibility index (Phi) is 10.6. The van der Waals surface area contributed by atoms with Crippen molar-refractivity contribution in [1.82, 2.24) is 19.9 Å². The Morgan fingerprint density at radius 1 is 1.17 bits per heavy atom. The molecule has 0 spiro atoms. The lowest BCUT2D eigenvalue weighted by Crippen LogP contribution is -2.58. The Bertz CT molecular complexity index is 1680. The van der Waals surface area contributed by atoms with Crippen LogP contribution in [0.1, 0.15) is 65.2 Å². The van der Waals surface area contributed by atoms with Gasteiger partial charge in [0.25, 0.3) is 5.91 Å². The van der Waals surface area contributed by atoms with E-state index < -0.39 is 50.8 Å². The van der Waals surface area contributed by atoms with Crippen LogP contribution < -0.4 is 25.2 Å². The molecule has 4 N–H and O–H groups in total. The predicted molar refractivity (Wildman–Crippen MR) is 183 cm³/mol. The minimum atomic E-state index is -3.84. The number of nitrogens with two attached hydrogens (primary N) is 1. The molecule has 48 heavy (non-hydrogen) atoms. The Balaban J connectivity index is 0.00000451. The van der Waals surface area contributed by atoms with Gasteiger partial charge in [-0.3, -0.25) is 19.1 Å². The van der Waals surface area contributed by atoms with Gasteiger partial charge in [-0.1, -0.05) is 50.6 Å². The number of nitrogens with zero attached hydrogens (tertiary/aromatic N) is 2. The molecular weight excluding hydrogens is 658 g/mol. The standard InChI is InChI=1S/C34H45N5O7S.ClH/c1-4-21-15-20(2)9-5-6-10-22-17-34(22,33(42)38-47(43,44)24-13-14-24)37-30(40)27-16-23(19-39(27)32(41)29(21)35)46-31-26-12-8-7-11-25(26)28(45-3)18-36-31;/h6-8,10-12,18,20-24,27,29H,4-5,9,13-17,19,35H2,1-3H3,(H,37,40)(H,38,42);1H/b10-6-;/t20-,21-,22-,23-,27+,29+,34-;/m1./s1. The van der Waals surface area contributed by atoms with E-state index >= 15 is 0 Å². The molecule has 262 valence electrons. The van der Waals surface area contributed by atoms with E-state index in [-0.39, 0.29) is 49.5 Å². The summed E-state index contributed by atoms with van der Waals surface area (Å²) >= 11 is 0. The number of rotatable bonds is 7. The molecule has 0 radical (unpaired) electrons. The largest absolute Gasteiger partial charge is 0.494 e. The van der Waals surface area contributed by atoms with Crippen LogP contribution >= 0.6 is 12.4 Å². The van der Waals surface area contributed by atoms with E-state index in [0.29, 0.717) is 36.8 Å². The van der Waals surface area contributed by atoms with Gasteiger partial charge in [0.15, 0.2) is 0 Å². The maximum Gasteiger partial charge on any atom is 0.259 e. The summed E-state index contributed by atoms with van der Waals surface area (Å²) < 4.78 is 39.6. The number of amides is 3. The van der Waals surface area contributed by atoms with E-state index in [4.69, 9.17) is 15.2 Å². The smallest absolute Gasteiger partial charge is 0.259 e. The second-order valence-electron chi connectivity index (χ2n) is 13.6. The number of pyridine rings is 1. The maximum absolute atomic E-state index is 14.2. The molecule has 14 heteroatoms. The number of halogens is 1. The quantitative estimate of drug-likeness (QED) is 0.367. The van der Waals surface area contributed by atoms with E-state index in [0.717, 1.165) is 30.0 Å². The normalized spacial score (nSPS) is 31.6. The molecule has 2 aliphatic heterocycles. The Morgan fingerprint density at radius 2 is 1.90 bits per heavy atom. The van der Waals surface area contributed by atoms with Crippen molar-refractivity contribution in [2.24, 2.45) is 23.5 Å². The lowest BCUT2D eigenvalue weighted by atomic mass is 9.85. The Morgan fingerprint density at radius 3 is 2.58 bits per heavy atom. The van der Waals surface area contributed by atoms with Gasteiger partial charge >= 0.3 is 0 Å². The lowest BCUT2D eigenvalue weighted by molar-refractivity contribution is -0.141. The average Bonchev–Trinajstić information content (AvgIpc) is 3.98. The number of fused-ring (bicyclic) bond motifs is 3. The zero-order chi connectivity index (χ0) is 33.5. The average molecular weight is 704 g/mol. The van der Waals surface area contributed by atoms with Gasteiger partial charge < -0.3 is 25.4 Å². The Hall–Kier alpha value is -3.42. The zero-order valence-corrected chi connectivity index (χ0v) is 29.2. The van der Waals surface area contributed by atoms with Crippen molar-refractivity contribution in [3.05, 3.63) is 42.6 Å². The third kappa shape index (κ3) is 7.13. The van der Waals surface area contributed by atoms with Crippen molar-refractivity contribution in [1.29, 1.82) is 0 Å². The highest BCUT2D eigenvalue weighted by Crippen LogP contribution is 2.46. The number of methoxy groups -OCH3 is 1. The van der Waals surface area contributed by atoms with Crippen molar-refractivity contribution in [2.75, 3.05) is 13.7 Å². The summed E-state index contributed by atoms with van der Waals surface area (Å²) in [6.07, 6.45) is 9.38. The summed E-state index contributed by atoms with van der Waals surface area (Å²) in [5.41, 5.74) is 5.23. The van der Waals surface area contributed by atoms with Crippen molar-refractivity contribution >= 4 is 50.9 Å². The molecule has 2 aliphatic carbocycles. The highest BCUT2D eigenvalue weighted by atomic mass is 35.5. The number of hydrogen-bond acceptors (Lipinski definition) is 9. The van der Waals surface area contributed by atoms with Gasteiger partial charge in [0.05, 0.1) is 31.1 Å². The molecule has 1 aromatic carbocycles. The number of benzene rings is 1. The molecule has 2 aromatic rings. The van der Waals surface area contributed by atoms with Crippen LogP contribution in [-0.4, -0.2) is 78.7 Å². The summed E-state index contributed by atoms with van der Waals surface area (Å²) in [6.45, 7) is 4.26. The molecule has 3 heterocycles. The summed E-state index contributed by atoms with van der Waals surface area (Å²) in [4.78, 5) is 47.8. The molecule has 3 fully saturated rings. The molecule has 12 nitrogen and oxygen atoms in total. The highest BCUT2D eigenvalue weighted by molar-refractivity contribution is 7.91. The number of aromatic nitrogens is 1. The van der Waals surface area contributed by atoms with Gasteiger partial charge in [0.2, 0.25) is 27.7 Å². The molecule has 2 saturated carbocycles. The van der Waals surface area contributed by atoms with Gasteiger partial charge in [-0.25, -0.2) is 13.4 Å². The predicted octanol–water partition coefficient (Wildman–Crippen LogP) is 3.23. The van der Waals surface area contributed by atoms with Crippen molar-refractivity contribution in [2.45, 2.75) is 94.2 Å². The van der Waals surface area contributed by atoms with Gasteiger partial charge in [-0.2, -0.15) is 0 Å². The molecule has 0 bridgehead atoms. The number of carbonyl (C=O) groups is 3. The van der Waals surface area contributed by atoms with E-state index in [1.807, 2.05) is 43.3 Å². The SMILES string of the molecule is CC[C@@H]1C[C@H](C)CC/C=C\[C@@H]2C[C@@]2(C(=O)NS(=O)(=O)C2CC2)NC(=O)[C@@H]2C[C@@H](Oc3ncc(OC)c4ccccc34)CN2C(=O)[C@H]1N.Cl. The van der Waals surface area contributed by atoms with E-state index in [1.54, 1.807) is 13.3 Å².